The lowest BCUT2D eigenvalue weighted by Crippen LogP contribution is -2.05. The number of rotatable bonds is 2. The second-order valence-corrected chi connectivity index (χ2v) is 3.91. The highest BCUT2D eigenvalue weighted by Gasteiger charge is 2.10. The maximum Gasteiger partial charge on any atom is 0.116 e. The molecule has 0 bridgehead atoms. The largest absolute Gasteiger partial charge is 0.208 e. The van der Waals surface area contributed by atoms with E-state index in [0.29, 0.717) is 0 Å². The van der Waals surface area contributed by atoms with Gasteiger partial charge in [0.15, 0.2) is 0 Å². The highest BCUT2D eigenvalue weighted by molar-refractivity contribution is 5.20. The second-order valence-electron chi connectivity index (χ2n) is 3.91. The molecule has 0 N–H and O–H groups in total. The number of halogens is 1. The van der Waals surface area contributed by atoms with Gasteiger partial charge in [0.1, 0.15) is 5.83 Å². The van der Waals surface area contributed by atoms with Gasteiger partial charge in [0.2, 0.25) is 0 Å². The first-order valence-corrected chi connectivity index (χ1v) is 4.04. The van der Waals surface area contributed by atoms with Crippen LogP contribution in [0.3, 0.4) is 0 Å². The van der Waals surface area contributed by atoms with Gasteiger partial charge in [-0.3, -0.25) is 0 Å². The third-order valence-corrected chi connectivity index (χ3v) is 1.81. The Kier molecular flexibility index (Phi) is 3.94. The summed E-state index contributed by atoms with van der Waals surface area (Å²) in [6.45, 7) is 11.5. The summed E-state index contributed by atoms with van der Waals surface area (Å²) in [5, 5.41) is 0. The van der Waals surface area contributed by atoms with Crippen molar-refractivity contribution >= 4 is 0 Å². The van der Waals surface area contributed by atoms with Crippen molar-refractivity contribution in [3.8, 4) is 0 Å². The van der Waals surface area contributed by atoms with Gasteiger partial charge in [-0.2, -0.15) is 0 Å². The van der Waals surface area contributed by atoms with Gasteiger partial charge in [0.05, 0.1) is 0 Å². The fourth-order valence-corrected chi connectivity index (χ4v) is 0.547. The van der Waals surface area contributed by atoms with Crippen LogP contribution in [0.4, 0.5) is 4.39 Å². The van der Waals surface area contributed by atoms with E-state index >= 15 is 0 Å². The maximum absolute atomic E-state index is 12.1. The standard InChI is InChI=1S/C11H17F/c1-9(11(3,4)5)7-6-8-10(2)12/h6-8H,2H2,1,3-5H3/b8-6-,9-7+. The fourth-order valence-electron chi connectivity index (χ4n) is 0.547. The third-order valence-electron chi connectivity index (χ3n) is 1.81. The van der Waals surface area contributed by atoms with Gasteiger partial charge in [0, 0.05) is 0 Å². The Labute approximate surface area is 74.5 Å². The lowest BCUT2D eigenvalue weighted by molar-refractivity contribution is 0.504. The first kappa shape index (κ1) is 11.2. The minimum atomic E-state index is -0.409. The second kappa shape index (κ2) is 4.24. The maximum atomic E-state index is 12.1. The molecular formula is C11H17F. The summed E-state index contributed by atoms with van der Waals surface area (Å²) >= 11 is 0. The highest BCUT2D eigenvalue weighted by Crippen LogP contribution is 2.24. The predicted octanol–water partition coefficient (Wildman–Crippen LogP) is 4.02. The number of allylic oxidation sites excluding steroid dienone is 5. The van der Waals surface area contributed by atoms with Crippen LogP contribution in [0, 0.1) is 5.41 Å². The molecule has 12 heavy (non-hydrogen) atoms. The molecule has 0 atom stereocenters. The van der Waals surface area contributed by atoms with Crippen LogP contribution in [0.15, 0.2) is 36.2 Å². The molecule has 0 saturated carbocycles. The summed E-state index contributed by atoms with van der Waals surface area (Å²) < 4.78 is 12.1. The zero-order chi connectivity index (χ0) is 9.78. The van der Waals surface area contributed by atoms with Crippen molar-refractivity contribution in [2.45, 2.75) is 27.7 Å². The molecular weight excluding hydrogens is 151 g/mol. The molecule has 0 aliphatic heterocycles. The van der Waals surface area contributed by atoms with Crippen LogP contribution in [-0.4, -0.2) is 0 Å². The van der Waals surface area contributed by atoms with Crippen molar-refractivity contribution in [1.82, 2.24) is 0 Å². The molecule has 0 aromatic carbocycles. The molecule has 0 radical (unpaired) electrons. The SMILES string of the molecule is C=C(F)/C=C\C=C(/C)C(C)(C)C. The Bertz CT molecular complexity index is 214. The molecule has 0 heterocycles. The van der Waals surface area contributed by atoms with Crippen molar-refractivity contribution < 1.29 is 4.39 Å². The molecule has 0 saturated heterocycles. The van der Waals surface area contributed by atoms with E-state index in [0.717, 1.165) is 0 Å². The summed E-state index contributed by atoms with van der Waals surface area (Å²) in [5.41, 5.74) is 1.38. The van der Waals surface area contributed by atoms with Crippen LogP contribution < -0.4 is 0 Å². The number of hydrogen-bond donors (Lipinski definition) is 0. The summed E-state index contributed by atoms with van der Waals surface area (Å²) in [7, 11) is 0. The van der Waals surface area contributed by atoms with E-state index in [2.05, 4.69) is 27.4 Å². The van der Waals surface area contributed by atoms with Crippen molar-refractivity contribution in [1.29, 1.82) is 0 Å². The lowest BCUT2D eigenvalue weighted by atomic mass is 9.87. The molecule has 0 unspecified atom stereocenters. The Morgan fingerprint density at radius 2 is 1.83 bits per heavy atom. The molecule has 0 aromatic rings. The van der Waals surface area contributed by atoms with E-state index in [4.69, 9.17) is 0 Å². The van der Waals surface area contributed by atoms with E-state index in [9.17, 15) is 4.39 Å². The molecule has 0 amide bonds. The van der Waals surface area contributed by atoms with Crippen molar-refractivity contribution in [3.63, 3.8) is 0 Å². The first-order valence-electron chi connectivity index (χ1n) is 4.04. The Hall–Kier alpha value is -0.850. The van der Waals surface area contributed by atoms with E-state index in [-0.39, 0.29) is 5.41 Å². The molecule has 0 aliphatic rings. The zero-order valence-electron chi connectivity index (χ0n) is 8.32. The Morgan fingerprint density at radius 1 is 1.33 bits per heavy atom. The van der Waals surface area contributed by atoms with Gasteiger partial charge in [-0.15, -0.1) is 0 Å². The molecule has 0 spiro atoms. The van der Waals surface area contributed by atoms with Gasteiger partial charge >= 0.3 is 0 Å². The number of hydrogen-bond acceptors (Lipinski definition) is 0. The lowest BCUT2D eigenvalue weighted by Gasteiger charge is -2.18. The quantitative estimate of drug-likeness (QED) is 0.546. The van der Waals surface area contributed by atoms with Crippen LogP contribution in [0.1, 0.15) is 27.7 Å². The topological polar surface area (TPSA) is 0 Å². The first-order chi connectivity index (χ1) is 5.34. The van der Waals surface area contributed by atoms with Crippen LogP contribution >= 0.6 is 0 Å². The van der Waals surface area contributed by atoms with Crippen LogP contribution in [0.5, 0.6) is 0 Å². The molecule has 0 rings (SSSR count). The summed E-state index contributed by atoms with van der Waals surface area (Å²) in [6.07, 6.45) is 4.95. The summed E-state index contributed by atoms with van der Waals surface area (Å²) in [4.78, 5) is 0. The molecule has 68 valence electrons. The molecule has 0 fully saturated rings. The smallest absolute Gasteiger partial charge is 0.116 e. The van der Waals surface area contributed by atoms with E-state index in [1.54, 1.807) is 6.08 Å². The Morgan fingerprint density at radius 3 is 2.17 bits per heavy atom. The van der Waals surface area contributed by atoms with Crippen molar-refractivity contribution in [3.05, 3.63) is 36.2 Å². The van der Waals surface area contributed by atoms with Crippen LogP contribution in [-0.2, 0) is 0 Å². The molecule has 0 aliphatic carbocycles. The summed E-state index contributed by atoms with van der Waals surface area (Å²) in [5.74, 6) is -0.409. The normalized spacial score (nSPS) is 13.9. The summed E-state index contributed by atoms with van der Waals surface area (Å²) in [6, 6.07) is 0. The average molecular weight is 168 g/mol. The van der Waals surface area contributed by atoms with Crippen LogP contribution in [0.25, 0.3) is 0 Å². The Balaban J connectivity index is 4.29. The predicted molar refractivity (Wildman–Crippen MR) is 52.6 cm³/mol. The average Bonchev–Trinajstić information content (AvgIpc) is 1.84. The van der Waals surface area contributed by atoms with Gasteiger partial charge in [-0.05, 0) is 18.4 Å². The van der Waals surface area contributed by atoms with Gasteiger partial charge in [-0.1, -0.05) is 45.1 Å². The van der Waals surface area contributed by atoms with Crippen molar-refractivity contribution in [2.75, 3.05) is 0 Å². The molecule has 1 heteroatoms. The van der Waals surface area contributed by atoms with Gasteiger partial charge < -0.3 is 0 Å². The minimum absolute atomic E-state index is 0.155. The van der Waals surface area contributed by atoms with Gasteiger partial charge in [0.25, 0.3) is 0 Å². The fraction of sp³-hybridized carbons (Fsp3) is 0.455. The van der Waals surface area contributed by atoms with E-state index < -0.39 is 5.83 Å². The van der Waals surface area contributed by atoms with Gasteiger partial charge in [-0.25, -0.2) is 4.39 Å². The third kappa shape index (κ3) is 4.89. The van der Waals surface area contributed by atoms with Crippen molar-refractivity contribution in [2.24, 2.45) is 5.41 Å². The zero-order valence-corrected chi connectivity index (χ0v) is 8.32. The molecule has 0 aromatic heterocycles. The minimum Gasteiger partial charge on any atom is -0.208 e. The van der Waals surface area contributed by atoms with E-state index in [1.165, 1.54) is 11.6 Å². The van der Waals surface area contributed by atoms with E-state index in [1.807, 2.05) is 13.0 Å². The monoisotopic (exact) mass is 168 g/mol. The molecule has 0 nitrogen and oxygen atoms in total. The highest BCUT2D eigenvalue weighted by atomic mass is 19.1. The van der Waals surface area contributed by atoms with Crippen LogP contribution in [0.2, 0.25) is 0 Å².